The smallest absolute Gasteiger partial charge is 0.165 e. The van der Waals surface area contributed by atoms with Crippen LogP contribution >= 0.6 is 38.5 Å². The average Bonchev–Trinajstić information content (AvgIpc) is 2.17. The fourth-order valence-electron chi connectivity index (χ4n) is 1.10. The summed E-state index contributed by atoms with van der Waals surface area (Å²) in [6.07, 6.45) is 0. The van der Waals surface area contributed by atoms with Crippen molar-refractivity contribution in [2.45, 2.75) is 0 Å². The van der Waals surface area contributed by atoms with E-state index in [1.165, 1.54) is 0 Å². The minimum Gasteiger partial charge on any atom is -0.381 e. The van der Waals surface area contributed by atoms with E-state index in [-0.39, 0.29) is 5.52 Å². The van der Waals surface area contributed by atoms with Crippen LogP contribution in [0.5, 0.6) is 0 Å². The molecule has 0 atom stereocenters. The van der Waals surface area contributed by atoms with Crippen LogP contribution < -0.4 is 5.73 Å². The minimum absolute atomic E-state index is 0.234. The van der Waals surface area contributed by atoms with Crippen molar-refractivity contribution >= 4 is 55.2 Å². The molecule has 0 bridgehead atoms. The molecule has 0 aliphatic carbocycles. The Morgan fingerprint density at radius 1 is 1.36 bits per heavy atom. The number of fused-ring (bicyclic) bond motifs is 1. The maximum Gasteiger partial charge on any atom is 0.165 e. The van der Waals surface area contributed by atoms with Gasteiger partial charge in [0.2, 0.25) is 0 Å². The van der Waals surface area contributed by atoms with Crippen LogP contribution in [0.3, 0.4) is 0 Å². The lowest BCUT2D eigenvalue weighted by Gasteiger charge is -2.03. The first kappa shape index (κ1) is 10.0. The van der Waals surface area contributed by atoms with E-state index in [0.29, 0.717) is 15.7 Å². The van der Waals surface area contributed by atoms with Gasteiger partial charge in [-0.2, -0.15) is 0 Å². The van der Waals surface area contributed by atoms with Crippen molar-refractivity contribution in [3.63, 3.8) is 0 Å². The number of hydrogen-bond donors (Lipinski definition) is 1. The normalized spacial score (nSPS) is 10.8. The van der Waals surface area contributed by atoms with Crippen molar-refractivity contribution in [2.24, 2.45) is 0 Å². The zero-order valence-corrected chi connectivity index (χ0v) is 10.5. The maximum atomic E-state index is 13.5. The number of nitrogens with two attached hydrogens (primary N) is 1. The Bertz CT molecular complexity index is 470. The average molecular weight is 368 g/mol. The van der Waals surface area contributed by atoms with Crippen molar-refractivity contribution in [3.05, 3.63) is 26.0 Å². The molecule has 1 aromatic heterocycles. The van der Waals surface area contributed by atoms with Crippen molar-refractivity contribution in [3.8, 4) is 0 Å². The molecule has 0 aliphatic heterocycles. The number of benzene rings is 1. The van der Waals surface area contributed by atoms with Gasteiger partial charge in [0.1, 0.15) is 5.52 Å². The number of hydrogen-bond acceptors (Lipinski definition) is 3. The molecule has 0 saturated heterocycles. The Hall–Kier alpha value is -0.500. The molecular weight excluding hydrogens is 364 g/mol. The number of nitrogen functional groups attached to an aromatic ring is 1. The third kappa shape index (κ3) is 1.46. The molecule has 0 amide bonds. The number of halogens is 3. The molecule has 1 heterocycles. The van der Waals surface area contributed by atoms with Crippen molar-refractivity contribution < 1.29 is 4.39 Å². The topological polar surface area (TPSA) is 51.8 Å². The van der Waals surface area contributed by atoms with E-state index >= 15 is 0 Å². The zero-order valence-electron chi connectivity index (χ0n) is 6.76. The van der Waals surface area contributed by atoms with Crippen LogP contribution in [-0.2, 0) is 0 Å². The highest BCUT2D eigenvalue weighted by atomic mass is 127. The third-order valence-corrected chi connectivity index (χ3v) is 3.53. The highest BCUT2D eigenvalue weighted by Gasteiger charge is 2.11. The van der Waals surface area contributed by atoms with Crippen LogP contribution in [0.15, 0.2) is 16.6 Å². The van der Waals surface area contributed by atoms with Crippen LogP contribution in [0.25, 0.3) is 10.9 Å². The van der Waals surface area contributed by atoms with Gasteiger partial charge < -0.3 is 5.73 Å². The van der Waals surface area contributed by atoms with Crippen LogP contribution in [-0.4, -0.2) is 10.2 Å². The highest BCUT2D eigenvalue weighted by molar-refractivity contribution is 14.1. The second kappa shape index (κ2) is 3.58. The maximum absolute atomic E-state index is 13.5. The van der Waals surface area contributed by atoms with Gasteiger partial charge in [0.05, 0.1) is 8.04 Å². The van der Waals surface area contributed by atoms with Gasteiger partial charge in [-0.25, -0.2) is 4.39 Å². The fourth-order valence-corrected chi connectivity index (χ4v) is 1.96. The van der Waals surface area contributed by atoms with E-state index in [1.54, 1.807) is 12.1 Å². The highest BCUT2D eigenvalue weighted by Crippen LogP contribution is 2.27. The van der Waals surface area contributed by atoms with Crippen molar-refractivity contribution in [1.82, 2.24) is 10.2 Å². The Balaban J connectivity index is 2.94. The molecule has 0 radical (unpaired) electrons. The molecule has 2 rings (SSSR count). The Morgan fingerprint density at radius 3 is 2.79 bits per heavy atom. The first-order valence-corrected chi connectivity index (χ1v) is 5.54. The first-order valence-electron chi connectivity index (χ1n) is 3.66. The molecule has 0 saturated carbocycles. The lowest BCUT2D eigenvalue weighted by Crippen LogP contribution is -1.99. The summed E-state index contributed by atoms with van der Waals surface area (Å²) in [6, 6.07) is 3.39. The summed E-state index contributed by atoms with van der Waals surface area (Å²) in [7, 11) is 0. The van der Waals surface area contributed by atoms with E-state index in [9.17, 15) is 4.39 Å². The Morgan fingerprint density at radius 2 is 2.07 bits per heavy atom. The van der Waals surface area contributed by atoms with Crippen molar-refractivity contribution in [2.75, 3.05) is 5.73 Å². The molecule has 2 N–H and O–H groups in total. The third-order valence-electron chi connectivity index (χ3n) is 1.79. The van der Waals surface area contributed by atoms with Gasteiger partial charge in [-0.05, 0) is 44.6 Å². The summed E-state index contributed by atoms with van der Waals surface area (Å²) in [5.74, 6) is -0.0901. The summed E-state index contributed by atoms with van der Waals surface area (Å²) in [5.41, 5.74) is 5.79. The molecule has 72 valence electrons. The zero-order chi connectivity index (χ0) is 10.3. The molecule has 0 unspecified atom stereocenters. The number of anilines is 1. The van der Waals surface area contributed by atoms with Gasteiger partial charge in [0, 0.05) is 5.39 Å². The van der Waals surface area contributed by atoms with Gasteiger partial charge in [0.15, 0.2) is 11.6 Å². The Labute approximate surface area is 101 Å². The summed E-state index contributed by atoms with van der Waals surface area (Å²) >= 11 is 5.10. The van der Waals surface area contributed by atoms with Gasteiger partial charge in [0.25, 0.3) is 0 Å². The summed E-state index contributed by atoms with van der Waals surface area (Å²) < 4.78 is 14.6. The predicted molar refractivity (Wildman–Crippen MR) is 64.3 cm³/mol. The van der Waals surface area contributed by atoms with Gasteiger partial charge in [-0.1, -0.05) is 6.07 Å². The van der Waals surface area contributed by atoms with Crippen LogP contribution in [0.2, 0.25) is 0 Å². The minimum atomic E-state index is -0.409. The number of aromatic nitrogens is 2. The van der Waals surface area contributed by atoms with E-state index < -0.39 is 5.82 Å². The molecule has 0 spiro atoms. The lowest BCUT2D eigenvalue weighted by atomic mass is 10.2. The largest absolute Gasteiger partial charge is 0.381 e. The number of rotatable bonds is 0. The predicted octanol–water partition coefficient (Wildman–Crippen LogP) is 2.72. The molecular formula is C8H4BrFIN3. The molecule has 14 heavy (non-hydrogen) atoms. The molecule has 3 nitrogen and oxygen atoms in total. The summed E-state index contributed by atoms with van der Waals surface area (Å²) in [5, 5.41) is 8.06. The molecule has 0 fully saturated rings. The SMILES string of the molecule is Nc1nnc2c(F)c(Br)ccc2c1I. The van der Waals surface area contributed by atoms with E-state index in [4.69, 9.17) is 5.73 Å². The summed E-state index contributed by atoms with van der Waals surface area (Å²) in [4.78, 5) is 0. The van der Waals surface area contributed by atoms with Crippen LogP contribution in [0.1, 0.15) is 0 Å². The van der Waals surface area contributed by atoms with Gasteiger partial charge in [-0.15, -0.1) is 10.2 Å². The standard InChI is InChI=1S/C8H4BrFIN3/c9-4-2-1-3-6(11)8(12)14-13-7(3)5(4)10/h1-2H,(H2,12,14). The second-order valence-electron chi connectivity index (χ2n) is 2.66. The van der Waals surface area contributed by atoms with Gasteiger partial charge in [-0.3, -0.25) is 0 Å². The molecule has 6 heteroatoms. The van der Waals surface area contributed by atoms with Gasteiger partial charge >= 0.3 is 0 Å². The van der Waals surface area contributed by atoms with E-state index in [1.807, 2.05) is 22.6 Å². The molecule has 1 aromatic carbocycles. The van der Waals surface area contributed by atoms with Crippen LogP contribution in [0, 0.1) is 9.39 Å². The first-order chi connectivity index (χ1) is 6.61. The van der Waals surface area contributed by atoms with Crippen molar-refractivity contribution in [1.29, 1.82) is 0 Å². The molecule has 2 aromatic rings. The number of nitrogens with zero attached hydrogens (tertiary/aromatic N) is 2. The van der Waals surface area contributed by atoms with E-state index in [0.717, 1.165) is 3.57 Å². The summed E-state index contributed by atoms with van der Waals surface area (Å²) in [6.45, 7) is 0. The fraction of sp³-hybridized carbons (Fsp3) is 0. The Kier molecular flexibility index (Phi) is 2.56. The molecule has 0 aliphatic rings. The second-order valence-corrected chi connectivity index (χ2v) is 4.59. The monoisotopic (exact) mass is 367 g/mol. The van der Waals surface area contributed by atoms with Crippen LogP contribution in [0.4, 0.5) is 10.2 Å². The quantitative estimate of drug-likeness (QED) is 0.728. The lowest BCUT2D eigenvalue weighted by molar-refractivity contribution is 0.628. The van der Waals surface area contributed by atoms with E-state index in [2.05, 4.69) is 26.1 Å².